The molecule has 5 rings (SSSR count). The minimum Gasteiger partial charge on any atom is -0.465 e. The number of rotatable bonds is 12. The van der Waals surface area contributed by atoms with E-state index in [4.69, 9.17) is 19.9 Å². The number of H-pyrrole nitrogens is 1. The van der Waals surface area contributed by atoms with Gasteiger partial charge in [-0.2, -0.15) is 10.2 Å². The molecule has 0 aliphatic heterocycles. The summed E-state index contributed by atoms with van der Waals surface area (Å²) in [5, 5.41) is 31.2. The number of imidazole rings is 1. The second-order valence-corrected chi connectivity index (χ2v) is 8.64. The van der Waals surface area contributed by atoms with E-state index in [0.717, 1.165) is 22.3 Å². The number of carbonyl (C=O) groups excluding carboxylic acids is 1. The van der Waals surface area contributed by atoms with E-state index in [2.05, 4.69) is 30.4 Å². The molecule has 0 saturated heterocycles. The lowest BCUT2D eigenvalue weighted by molar-refractivity contribution is -0.492. The molecule has 0 aliphatic carbocycles. The third-order valence-corrected chi connectivity index (χ3v) is 6.07. The molecule has 0 atom stereocenters. The molecule has 0 aliphatic rings. The highest BCUT2D eigenvalue weighted by molar-refractivity contribution is 6.02. The Balaban J connectivity index is 1.41. The Hall–Kier alpha value is -4.69. The largest absolute Gasteiger partial charge is 0.465 e. The van der Waals surface area contributed by atoms with Crippen molar-refractivity contribution in [3.8, 4) is 28.5 Å². The van der Waals surface area contributed by atoms with Crippen LogP contribution in [0.1, 0.15) is 29.3 Å². The molecule has 0 saturated carbocycles. The van der Waals surface area contributed by atoms with Crippen LogP contribution in [0.4, 0.5) is 0 Å². The number of esters is 1. The number of benzene rings is 3. The summed E-state index contributed by atoms with van der Waals surface area (Å²) in [6.45, 7) is 2.67. The highest BCUT2D eigenvalue weighted by Gasteiger charge is 2.20. The van der Waals surface area contributed by atoms with Crippen LogP contribution < -0.4 is 4.74 Å². The fourth-order valence-electron chi connectivity index (χ4n) is 4.34. The summed E-state index contributed by atoms with van der Waals surface area (Å²) in [7, 11) is 0. The molecule has 0 fully saturated rings. The van der Waals surface area contributed by atoms with Crippen molar-refractivity contribution in [3.05, 3.63) is 77.9 Å². The van der Waals surface area contributed by atoms with E-state index in [1.54, 1.807) is 12.1 Å². The van der Waals surface area contributed by atoms with Crippen LogP contribution in [0.5, 0.6) is 6.01 Å². The summed E-state index contributed by atoms with van der Waals surface area (Å²) < 4.78 is 13.1. The molecule has 3 N–H and O–H groups in total. The fraction of sp³-hybridized carbons (Fsp3) is 0.222. The monoisotopic (exact) mass is 545 g/mol. The van der Waals surface area contributed by atoms with Crippen LogP contribution in [0.2, 0.25) is 0 Å². The molecular formula is C27H27N7O6. The van der Waals surface area contributed by atoms with Crippen molar-refractivity contribution in [1.29, 1.82) is 0 Å². The van der Waals surface area contributed by atoms with Crippen LogP contribution in [0.3, 0.4) is 0 Å². The maximum absolute atomic E-state index is 13.0. The number of para-hydroxylation sites is 1. The minimum atomic E-state index is -0.534. The highest BCUT2D eigenvalue weighted by Crippen LogP contribution is 2.31. The molecule has 3 aromatic carbocycles. The number of aromatic amines is 1. The standard InChI is InChI=1S/C27H27N7O6/c1-2-38-27-28-23-10-5-9-22(26(35)39-15-6-16-40-34(36)37)24(23)33(27)17-18-11-13-19(14-12-18)20-7-3-4-8-21(20)25-29-31-32-30-25/h3-5,7-14,36-37H,2,6,15-17H2,1H3,(H,29,30,31,32). The number of carbonyl (C=O) groups is 1. The van der Waals surface area contributed by atoms with Crippen LogP contribution in [0.25, 0.3) is 33.5 Å². The second-order valence-electron chi connectivity index (χ2n) is 8.64. The molecule has 0 bridgehead atoms. The summed E-state index contributed by atoms with van der Waals surface area (Å²) >= 11 is 0. The van der Waals surface area contributed by atoms with Crippen molar-refractivity contribution < 1.29 is 29.5 Å². The molecule has 0 unspecified atom stereocenters. The van der Waals surface area contributed by atoms with Crippen molar-refractivity contribution >= 4 is 17.0 Å². The van der Waals surface area contributed by atoms with E-state index in [9.17, 15) is 4.79 Å². The van der Waals surface area contributed by atoms with Gasteiger partial charge in [0, 0.05) is 12.0 Å². The number of hydrogen-bond donors (Lipinski definition) is 3. The van der Waals surface area contributed by atoms with Crippen molar-refractivity contribution in [2.75, 3.05) is 19.8 Å². The topological polar surface area (TPSA) is 161 Å². The maximum atomic E-state index is 13.0. The molecule has 2 heterocycles. The molecule has 13 nitrogen and oxygen atoms in total. The van der Waals surface area contributed by atoms with E-state index >= 15 is 0 Å². The van der Waals surface area contributed by atoms with Gasteiger partial charge in [0.2, 0.25) is 5.82 Å². The van der Waals surface area contributed by atoms with E-state index in [0.29, 0.717) is 41.6 Å². The average molecular weight is 546 g/mol. The average Bonchev–Trinajstić information content (AvgIpc) is 3.62. The zero-order chi connectivity index (χ0) is 27.9. The zero-order valence-corrected chi connectivity index (χ0v) is 21.6. The van der Waals surface area contributed by atoms with Crippen LogP contribution in [-0.2, 0) is 16.1 Å². The smallest absolute Gasteiger partial charge is 0.340 e. The van der Waals surface area contributed by atoms with Gasteiger partial charge in [-0.3, -0.25) is 19.8 Å². The molecule has 5 aromatic rings. The van der Waals surface area contributed by atoms with E-state index < -0.39 is 5.97 Å². The van der Waals surface area contributed by atoms with Crippen LogP contribution in [0.15, 0.2) is 66.7 Å². The van der Waals surface area contributed by atoms with Gasteiger partial charge in [0.1, 0.15) is 0 Å². The van der Waals surface area contributed by atoms with Gasteiger partial charge in [0.15, 0.2) is 0 Å². The molecule has 206 valence electrons. The molecular weight excluding hydrogens is 518 g/mol. The first-order chi connectivity index (χ1) is 19.5. The lowest BCUT2D eigenvalue weighted by atomic mass is 9.98. The number of tetrazole rings is 1. The first-order valence-electron chi connectivity index (χ1n) is 12.6. The summed E-state index contributed by atoms with van der Waals surface area (Å²) in [6, 6.07) is 21.5. The number of fused-ring (bicyclic) bond motifs is 1. The van der Waals surface area contributed by atoms with Crippen LogP contribution in [-0.4, -0.2) is 71.8 Å². The predicted molar refractivity (Wildman–Crippen MR) is 141 cm³/mol. The molecule has 0 amide bonds. The third kappa shape index (κ3) is 5.97. The van der Waals surface area contributed by atoms with Gasteiger partial charge >= 0.3 is 5.97 Å². The van der Waals surface area contributed by atoms with Gasteiger partial charge in [-0.05, 0) is 41.0 Å². The predicted octanol–water partition coefficient (Wildman–Crippen LogP) is 3.89. The number of nitrogens with zero attached hydrogens (tertiary/aromatic N) is 6. The van der Waals surface area contributed by atoms with Gasteiger partial charge in [-0.1, -0.05) is 54.6 Å². The Morgan fingerprint density at radius 2 is 1.80 bits per heavy atom. The molecule has 13 heteroatoms. The number of hydrogen-bond acceptors (Lipinski definition) is 11. The summed E-state index contributed by atoms with van der Waals surface area (Å²) in [5.74, 6) is -0.0188. The van der Waals surface area contributed by atoms with Crippen molar-refractivity contribution in [2.45, 2.75) is 19.9 Å². The van der Waals surface area contributed by atoms with Crippen molar-refractivity contribution in [2.24, 2.45) is 0 Å². The first-order valence-corrected chi connectivity index (χ1v) is 12.6. The van der Waals surface area contributed by atoms with E-state index in [1.165, 1.54) is 0 Å². The number of nitrogens with one attached hydrogen (secondary N) is 1. The quantitative estimate of drug-likeness (QED) is 0.118. The molecule has 0 radical (unpaired) electrons. The normalized spacial score (nSPS) is 11.3. The van der Waals surface area contributed by atoms with Gasteiger partial charge in [-0.15, -0.1) is 10.2 Å². The minimum absolute atomic E-state index is 0.0301. The Labute approximate surface area is 228 Å². The number of aromatic nitrogens is 6. The summed E-state index contributed by atoms with van der Waals surface area (Å²) in [4.78, 5) is 22.1. The van der Waals surface area contributed by atoms with Gasteiger partial charge < -0.3 is 9.47 Å². The molecule has 40 heavy (non-hydrogen) atoms. The number of ether oxygens (including phenoxy) is 2. The Morgan fingerprint density at radius 1 is 1.00 bits per heavy atom. The SMILES string of the molecule is CCOc1nc2cccc(C(=O)OCCCON(O)O)c2n1Cc1ccc(-c2ccccc2-c2nn[nH]n2)cc1. The molecule has 0 spiro atoms. The van der Waals surface area contributed by atoms with Gasteiger partial charge in [0.25, 0.3) is 6.01 Å². The van der Waals surface area contributed by atoms with E-state index in [1.807, 2.05) is 66.1 Å². The van der Waals surface area contributed by atoms with Crippen LogP contribution >= 0.6 is 0 Å². The Kier molecular flexibility index (Phi) is 8.37. The highest BCUT2D eigenvalue weighted by atomic mass is 17.1. The van der Waals surface area contributed by atoms with Crippen LogP contribution in [0, 0.1) is 0 Å². The van der Waals surface area contributed by atoms with Crippen molar-refractivity contribution in [3.63, 3.8) is 0 Å². The first kappa shape index (κ1) is 26.9. The lowest BCUT2D eigenvalue weighted by Crippen LogP contribution is -2.17. The van der Waals surface area contributed by atoms with Gasteiger partial charge in [0.05, 0.1) is 48.4 Å². The summed E-state index contributed by atoms with van der Waals surface area (Å²) in [5.41, 5.74) is 5.33. The maximum Gasteiger partial charge on any atom is 0.340 e. The lowest BCUT2D eigenvalue weighted by Gasteiger charge is -2.13. The third-order valence-electron chi connectivity index (χ3n) is 6.07. The molecule has 2 aromatic heterocycles. The Bertz CT molecular complexity index is 1570. The second kappa shape index (κ2) is 12.4. The summed E-state index contributed by atoms with van der Waals surface area (Å²) in [6.07, 6.45) is 0.269. The van der Waals surface area contributed by atoms with Crippen molar-refractivity contribution in [1.82, 2.24) is 35.6 Å². The zero-order valence-electron chi connectivity index (χ0n) is 21.6. The Morgan fingerprint density at radius 3 is 2.52 bits per heavy atom. The van der Waals surface area contributed by atoms with E-state index in [-0.39, 0.29) is 25.0 Å². The fourth-order valence-corrected chi connectivity index (χ4v) is 4.34. The van der Waals surface area contributed by atoms with Gasteiger partial charge in [-0.25, -0.2) is 4.79 Å².